The molecule has 0 saturated carbocycles. The molecule has 0 amide bonds. The molecule has 6 nitrogen and oxygen atoms in total. The van der Waals surface area contributed by atoms with Gasteiger partial charge in [-0.25, -0.2) is 9.50 Å². The topological polar surface area (TPSA) is 59.7 Å². The van der Waals surface area contributed by atoms with Crippen molar-refractivity contribution in [1.29, 1.82) is 0 Å². The summed E-state index contributed by atoms with van der Waals surface area (Å²) >= 11 is 0. The number of hydrogen-bond acceptors (Lipinski definition) is 5. The predicted molar refractivity (Wildman–Crippen MR) is 120 cm³/mol. The van der Waals surface area contributed by atoms with E-state index in [-0.39, 0.29) is 29.4 Å². The molecule has 3 heterocycles. The molecule has 0 unspecified atom stereocenters. The Morgan fingerprint density at radius 2 is 1.79 bits per heavy atom. The third-order valence-electron chi connectivity index (χ3n) is 5.97. The summed E-state index contributed by atoms with van der Waals surface area (Å²) in [6.07, 6.45) is -3.86. The van der Waals surface area contributed by atoms with Crippen molar-refractivity contribution in [3.63, 3.8) is 0 Å². The maximum absolute atomic E-state index is 13.9. The van der Waals surface area contributed by atoms with Gasteiger partial charge in [0.25, 0.3) is 0 Å². The number of hydrogen-bond donors (Lipinski definition) is 0. The largest absolute Gasteiger partial charge is 0.497 e. The second kappa shape index (κ2) is 8.57. The lowest BCUT2D eigenvalue weighted by Crippen LogP contribution is -2.35. The van der Waals surface area contributed by atoms with Crippen molar-refractivity contribution in [1.82, 2.24) is 19.5 Å². The molecule has 174 valence electrons. The molecule has 1 aliphatic rings. The van der Waals surface area contributed by atoms with Crippen LogP contribution in [0.5, 0.6) is 5.75 Å². The predicted octanol–water partition coefficient (Wildman–Crippen LogP) is 4.66. The number of methoxy groups -OCH3 is 1. The normalized spacial score (nSPS) is 14.2. The first-order valence-corrected chi connectivity index (χ1v) is 10.8. The highest BCUT2D eigenvalue weighted by atomic mass is 19.4. The Morgan fingerprint density at radius 1 is 1.06 bits per heavy atom. The summed E-state index contributed by atoms with van der Waals surface area (Å²) < 4.78 is 47.4. The Bertz CT molecular complexity index is 1360. The molecular weight excluding hydrogens is 445 g/mol. The van der Waals surface area contributed by atoms with Crippen molar-refractivity contribution in [2.24, 2.45) is 0 Å². The molecule has 1 aliphatic heterocycles. The molecular formula is C25H21F3N4O2. The van der Waals surface area contributed by atoms with Gasteiger partial charge >= 0.3 is 6.18 Å². The second-order valence-corrected chi connectivity index (χ2v) is 8.21. The number of fused-ring (bicyclic) bond motifs is 2. The molecule has 9 heteroatoms. The van der Waals surface area contributed by atoms with Crippen LogP contribution in [-0.4, -0.2) is 45.5 Å². The average molecular weight is 466 g/mol. The van der Waals surface area contributed by atoms with Gasteiger partial charge in [-0.2, -0.15) is 18.3 Å². The van der Waals surface area contributed by atoms with Crippen molar-refractivity contribution < 1.29 is 22.7 Å². The molecule has 2 aromatic carbocycles. The number of ketones is 1. The number of benzene rings is 2. The zero-order valence-corrected chi connectivity index (χ0v) is 18.3. The minimum Gasteiger partial charge on any atom is -0.497 e. The van der Waals surface area contributed by atoms with Gasteiger partial charge in [-0.1, -0.05) is 24.3 Å². The highest BCUT2D eigenvalue weighted by Crippen LogP contribution is 2.33. The molecule has 0 bridgehead atoms. The van der Waals surface area contributed by atoms with E-state index in [1.807, 2.05) is 23.1 Å². The van der Waals surface area contributed by atoms with Gasteiger partial charge in [-0.3, -0.25) is 9.69 Å². The van der Waals surface area contributed by atoms with Gasteiger partial charge < -0.3 is 4.74 Å². The highest BCUT2D eigenvalue weighted by molar-refractivity contribution is 5.96. The fraction of sp³-hybridized carbons (Fsp3) is 0.240. The van der Waals surface area contributed by atoms with Crippen LogP contribution in [0.3, 0.4) is 0 Å². The third-order valence-corrected chi connectivity index (χ3v) is 5.97. The first-order chi connectivity index (χ1) is 16.3. The number of alkyl halides is 3. The summed E-state index contributed by atoms with van der Waals surface area (Å²) in [5.41, 5.74) is 1.97. The third kappa shape index (κ3) is 4.26. The number of carbonyl (C=O) groups excluding carboxylic acids is 1. The number of aromatic nitrogens is 3. The van der Waals surface area contributed by atoms with Crippen LogP contribution in [0.15, 0.2) is 60.7 Å². The maximum atomic E-state index is 13.9. The minimum atomic E-state index is -4.68. The summed E-state index contributed by atoms with van der Waals surface area (Å²) in [4.78, 5) is 19.3. The van der Waals surface area contributed by atoms with Gasteiger partial charge in [-0.05, 0) is 47.9 Å². The molecule has 34 heavy (non-hydrogen) atoms. The molecule has 0 aliphatic carbocycles. The molecule has 0 saturated heterocycles. The van der Waals surface area contributed by atoms with Gasteiger partial charge in [-0.15, -0.1) is 0 Å². The van der Waals surface area contributed by atoms with E-state index >= 15 is 0 Å². The molecule has 0 spiro atoms. The van der Waals surface area contributed by atoms with E-state index in [9.17, 15) is 18.0 Å². The Hall–Kier alpha value is -3.72. The molecule has 2 aromatic heterocycles. The van der Waals surface area contributed by atoms with Crippen LogP contribution in [0.1, 0.15) is 27.3 Å². The Morgan fingerprint density at radius 3 is 2.50 bits per heavy atom. The van der Waals surface area contributed by atoms with Crippen molar-refractivity contribution in [3.05, 3.63) is 83.2 Å². The van der Waals surface area contributed by atoms with Crippen LogP contribution in [0.25, 0.3) is 16.9 Å². The molecule has 4 aromatic rings. The highest BCUT2D eigenvalue weighted by Gasteiger charge is 2.35. The molecule has 0 N–H and O–H groups in total. The minimum absolute atomic E-state index is 0.0343. The number of rotatable bonds is 5. The van der Waals surface area contributed by atoms with Gasteiger partial charge in [0.2, 0.25) is 0 Å². The number of ether oxygens (including phenoxy) is 1. The number of Topliss-reactive ketones (excluding diaryl/α,β-unsaturated/α-hetero) is 1. The molecule has 0 radical (unpaired) electrons. The summed E-state index contributed by atoms with van der Waals surface area (Å²) in [6, 6.07) is 16.9. The van der Waals surface area contributed by atoms with Crippen LogP contribution in [-0.2, 0) is 19.1 Å². The summed E-state index contributed by atoms with van der Waals surface area (Å²) in [7, 11) is 1.51. The van der Waals surface area contributed by atoms with Gasteiger partial charge in [0.15, 0.2) is 17.1 Å². The van der Waals surface area contributed by atoms with Crippen molar-refractivity contribution >= 4 is 11.4 Å². The van der Waals surface area contributed by atoms with Crippen LogP contribution in [0, 0.1) is 0 Å². The van der Waals surface area contributed by atoms with E-state index in [1.165, 1.54) is 18.7 Å². The van der Waals surface area contributed by atoms with Crippen LogP contribution in [0.4, 0.5) is 13.2 Å². The Balaban J connectivity index is 1.46. The number of carbonyl (C=O) groups is 1. The van der Waals surface area contributed by atoms with E-state index in [4.69, 9.17) is 4.74 Å². The van der Waals surface area contributed by atoms with Gasteiger partial charge in [0.1, 0.15) is 11.4 Å². The van der Waals surface area contributed by atoms with E-state index in [2.05, 4.69) is 16.1 Å². The SMILES string of the molecule is COc1ccc(-c2cc(C(F)(F)F)n3nc(C(=O)CN4CCc5ccccc5C4)cc3n2)cc1. The zero-order valence-electron chi connectivity index (χ0n) is 18.3. The standard InChI is InChI=1S/C25H21F3N4O2/c1-34-19-8-6-17(7-9-19)20-12-23(25(26,27)28)32-24(29-20)13-21(30-32)22(33)15-31-11-10-16-4-2-3-5-18(16)14-31/h2-9,12-13H,10-11,14-15H2,1H3. The summed E-state index contributed by atoms with van der Waals surface area (Å²) in [6.45, 7) is 1.39. The average Bonchev–Trinajstić information content (AvgIpc) is 3.27. The number of halogens is 3. The van der Waals surface area contributed by atoms with Crippen LogP contribution >= 0.6 is 0 Å². The van der Waals surface area contributed by atoms with E-state index < -0.39 is 11.9 Å². The molecule has 0 atom stereocenters. The maximum Gasteiger partial charge on any atom is 0.433 e. The van der Waals surface area contributed by atoms with Crippen LogP contribution < -0.4 is 4.74 Å². The summed E-state index contributed by atoms with van der Waals surface area (Å²) in [5.74, 6) is 0.238. The van der Waals surface area contributed by atoms with E-state index in [0.29, 0.717) is 28.9 Å². The quantitative estimate of drug-likeness (QED) is 0.400. The van der Waals surface area contributed by atoms with E-state index in [0.717, 1.165) is 18.1 Å². The fourth-order valence-electron chi connectivity index (χ4n) is 4.20. The smallest absolute Gasteiger partial charge is 0.433 e. The Kier molecular flexibility index (Phi) is 5.57. The number of nitrogens with zero attached hydrogens (tertiary/aromatic N) is 4. The lowest BCUT2D eigenvalue weighted by Gasteiger charge is -2.27. The van der Waals surface area contributed by atoms with Crippen molar-refractivity contribution in [2.75, 3.05) is 20.2 Å². The first-order valence-electron chi connectivity index (χ1n) is 10.8. The van der Waals surface area contributed by atoms with Gasteiger partial charge in [0.05, 0.1) is 19.3 Å². The van der Waals surface area contributed by atoms with Crippen molar-refractivity contribution in [2.45, 2.75) is 19.1 Å². The fourth-order valence-corrected chi connectivity index (χ4v) is 4.20. The van der Waals surface area contributed by atoms with Gasteiger partial charge in [0, 0.05) is 24.7 Å². The van der Waals surface area contributed by atoms with Crippen LogP contribution in [0.2, 0.25) is 0 Å². The molecule has 5 rings (SSSR count). The second-order valence-electron chi connectivity index (χ2n) is 8.21. The Labute approximate surface area is 193 Å². The monoisotopic (exact) mass is 466 g/mol. The van der Waals surface area contributed by atoms with E-state index in [1.54, 1.807) is 24.3 Å². The lowest BCUT2D eigenvalue weighted by atomic mass is 10.00. The summed E-state index contributed by atoms with van der Waals surface area (Å²) in [5, 5.41) is 3.99. The molecule has 0 fully saturated rings. The first kappa shape index (κ1) is 22.1. The lowest BCUT2D eigenvalue weighted by molar-refractivity contribution is -0.142. The zero-order chi connectivity index (χ0) is 23.9. The van der Waals surface area contributed by atoms with Crippen molar-refractivity contribution in [3.8, 4) is 17.0 Å².